The van der Waals surface area contributed by atoms with E-state index in [4.69, 9.17) is 9.97 Å². The summed E-state index contributed by atoms with van der Waals surface area (Å²) in [6, 6.07) is 59.8. The Hall–Kier alpha value is -7.04. The number of nitrogens with zero attached hydrogens (tertiary/aromatic N) is 3. The molecule has 282 valence electrons. The summed E-state index contributed by atoms with van der Waals surface area (Å²) in [6.07, 6.45) is 1.90. The molecule has 9 aromatic rings. The van der Waals surface area contributed by atoms with Crippen LogP contribution >= 0.6 is 0 Å². The molecule has 7 aromatic carbocycles. The topological polar surface area (TPSA) is 50.9 Å². The number of hydrogen-bond donors (Lipinski definition) is 1. The summed E-state index contributed by atoms with van der Waals surface area (Å²) in [7, 11) is 0. The highest BCUT2D eigenvalue weighted by Gasteiger charge is 2.24. The molecule has 0 amide bonds. The van der Waals surface area contributed by atoms with E-state index in [-0.39, 0.29) is 11.2 Å². The number of pyridine rings is 1. The molecule has 9 rings (SSSR count). The Kier molecular flexibility index (Phi) is 9.34. The maximum Gasteiger partial charge on any atom is 0.149 e. The molecule has 0 aliphatic rings. The van der Waals surface area contributed by atoms with Gasteiger partial charge in [-0.25, -0.2) is 4.98 Å². The summed E-state index contributed by atoms with van der Waals surface area (Å²) in [4.78, 5) is 10.4. The molecule has 0 unspecified atom stereocenters. The van der Waals surface area contributed by atoms with E-state index >= 15 is 0 Å². The molecule has 0 atom stereocenters. The second kappa shape index (κ2) is 14.8. The number of fused-ring (bicyclic) bond motifs is 1. The number of aromatic nitrogens is 3. The smallest absolute Gasteiger partial charge is 0.149 e. The number of imidazole rings is 1. The van der Waals surface area contributed by atoms with Gasteiger partial charge in [0, 0.05) is 23.0 Å². The van der Waals surface area contributed by atoms with Gasteiger partial charge in [0.25, 0.3) is 0 Å². The number of hydrogen-bond acceptors (Lipinski definition) is 3. The van der Waals surface area contributed by atoms with E-state index in [0.717, 1.165) is 83.6 Å². The molecule has 0 fully saturated rings. The predicted molar refractivity (Wildman–Crippen MR) is 241 cm³/mol. The molecule has 0 spiro atoms. The quantitative estimate of drug-likeness (QED) is 0.176. The third-order valence-corrected chi connectivity index (χ3v) is 11.0. The summed E-state index contributed by atoms with van der Waals surface area (Å²) in [5.41, 5.74) is 17.1. The normalized spacial score (nSPS) is 11.6. The zero-order valence-electron chi connectivity index (χ0n) is 33.5. The number of aryl methyl sites for hydroxylation is 2. The molecule has 4 heteroatoms. The van der Waals surface area contributed by atoms with Crippen LogP contribution in [0.25, 0.3) is 83.9 Å². The molecular formula is C54H45N3O. The molecule has 0 radical (unpaired) electrons. The Morgan fingerprint density at radius 1 is 0.500 bits per heavy atom. The zero-order valence-corrected chi connectivity index (χ0v) is 33.5. The fourth-order valence-electron chi connectivity index (χ4n) is 8.00. The maximum absolute atomic E-state index is 11.7. The van der Waals surface area contributed by atoms with Gasteiger partial charge in [0.05, 0.1) is 22.3 Å². The van der Waals surface area contributed by atoms with Crippen LogP contribution in [0.15, 0.2) is 176 Å². The first-order valence-electron chi connectivity index (χ1n) is 19.9. The van der Waals surface area contributed by atoms with Gasteiger partial charge in [-0.3, -0.25) is 9.55 Å². The molecule has 2 heterocycles. The summed E-state index contributed by atoms with van der Waals surface area (Å²) < 4.78 is 2.24. The van der Waals surface area contributed by atoms with Crippen LogP contribution < -0.4 is 0 Å². The lowest BCUT2D eigenvalue weighted by molar-refractivity contribution is 0.472. The summed E-state index contributed by atoms with van der Waals surface area (Å²) in [5.74, 6) is 0.921. The Bertz CT molecular complexity index is 2940. The highest BCUT2D eigenvalue weighted by Crippen LogP contribution is 2.42. The predicted octanol–water partition coefficient (Wildman–Crippen LogP) is 14.0. The summed E-state index contributed by atoms with van der Waals surface area (Å²) in [6.45, 7) is 10.8. The minimum absolute atomic E-state index is 0.122. The van der Waals surface area contributed by atoms with Crippen LogP contribution in [0, 0.1) is 13.8 Å². The van der Waals surface area contributed by atoms with Crippen LogP contribution in [0.1, 0.15) is 37.5 Å². The third kappa shape index (κ3) is 6.99. The van der Waals surface area contributed by atoms with E-state index < -0.39 is 0 Å². The van der Waals surface area contributed by atoms with Crippen molar-refractivity contribution >= 4 is 11.0 Å². The molecule has 1 N–H and O–H groups in total. The van der Waals surface area contributed by atoms with Crippen molar-refractivity contribution in [3.8, 4) is 78.6 Å². The second-order valence-electron chi connectivity index (χ2n) is 16.3. The number of rotatable bonds is 7. The van der Waals surface area contributed by atoms with Crippen molar-refractivity contribution in [3.05, 3.63) is 193 Å². The standard InChI is InChI=1S/C54H45N3O/c1-35-26-36(2)52(58)48(27-35)53-56-51-47(22-15-23-50(51)57(53)46-32-42(39-20-13-8-14-21-39)31-45(34-46)54(3,4)5)43-28-41(38-18-11-7-12-19-38)29-44(30-43)49-33-40(24-25-55-49)37-16-9-6-10-17-37/h6-34,58H,1-5H3. The van der Waals surface area contributed by atoms with Gasteiger partial charge in [-0.2, -0.15) is 0 Å². The molecule has 4 nitrogen and oxygen atoms in total. The van der Waals surface area contributed by atoms with Gasteiger partial charge < -0.3 is 5.11 Å². The fourth-order valence-corrected chi connectivity index (χ4v) is 8.00. The van der Waals surface area contributed by atoms with E-state index in [9.17, 15) is 5.11 Å². The van der Waals surface area contributed by atoms with E-state index in [1.807, 2.05) is 37.4 Å². The SMILES string of the molecule is Cc1cc(C)c(O)c(-c2nc3c(-c4cc(-c5ccccc5)cc(-c5cc(-c6ccccc6)ccn5)c4)cccc3n2-c2cc(-c3ccccc3)cc(C(C)(C)C)c2)c1. The molecule has 0 saturated carbocycles. The highest BCUT2D eigenvalue weighted by molar-refractivity contribution is 5.98. The fraction of sp³-hybridized carbons (Fsp3) is 0.111. The minimum Gasteiger partial charge on any atom is -0.507 e. The van der Waals surface area contributed by atoms with E-state index in [2.05, 4.69) is 178 Å². The van der Waals surface area contributed by atoms with Gasteiger partial charge in [-0.05, 0) is 129 Å². The van der Waals surface area contributed by atoms with Crippen LogP contribution in [-0.2, 0) is 5.41 Å². The number of para-hydroxylation sites is 1. The molecule has 0 aliphatic carbocycles. The lowest BCUT2D eigenvalue weighted by Crippen LogP contribution is -2.12. The Labute approximate surface area is 340 Å². The second-order valence-corrected chi connectivity index (χ2v) is 16.3. The van der Waals surface area contributed by atoms with Crippen molar-refractivity contribution in [1.82, 2.24) is 14.5 Å². The average Bonchev–Trinajstić information content (AvgIpc) is 3.65. The van der Waals surface area contributed by atoms with Crippen molar-refractivity contribution in [2.75, 3.05) is 0 Å². The molecule has 0 aliphatic heterocycles. The van der Waals surface area contributed by atoms with Crippen LogP contribution in [0.2, 0.25) is 0 Å². The molecular weight excluding hydrogens is 707 g/mol. The van der Waals surface area contributed by atoms with Crippen molar-refractivity contribution in [3.63, 3.8) is 0 Å². The van der Waals surface area contributed by atoms with Crippen LogP contribution in [0.3, 0.4) is 0 Å². The summed E-state index contributed by atoms with van der Waals surface area (Å²) in [5, 5.41) is 11.7. The van der Waals surface area contributed by atoms with Gasteiger partial charge >= 0.3 is 0 Å². The molecule has 2 aromatic heterocycles. The van der Waals surface area contributed by atoms with Gasteiger partial charge in [-0.15, -0.1) is 0 Å². The van der Waals surface area contributed by atoms with E-state index in [1.165, 1.54) is 5.56 Å². The zero-order chi connectivity index (χ0) is 40.0. The largest absolute Gasteiger partial charge is 0.507 e. The van der Waals surface area contributed by atoms with E-state index in [0.29, 0.717) is 11.4 Å². The Balaban J connectivity index is 1.32. The highest BCUT2D eigenvalue weighted by atomic mass is 16.3. The summed E-state index contributed by atoms with van der Waals surface area (Å²) >= 11 is 0. The van der Waals surface area contributed by atoms with Crippen molar-refractivity contribution < 1.29 is 5.11 Å². The van der Waals surface area contributed by atoms with Crippen LogP contribution in [0.4, 0.5) is 0 Å². The van der Waals surface area contributed by atoms with Crippen molar-refractivity contribution in [2.45, 2.75) is 40.0 Å². The molecule has 0 saturated heterocycles. The van der Waals surface area contributed by atoms with Crippen LogP contribution in [-0.4, -0.2) is 19.6 Å². The van der Waals surface area contributed by atoms with Gasteiger partial charge in [0.2, 0.25) is 0 Å². The average molecular weight is 752 g/mol. The minimum atomic E-state index is -0.122. The number of aromatic hydroxyl groups is 1. The third-order valence-electron chi connectivity index (χ3n) is 11.0. The first kappa shape index (κ1) is 36.6. The number of phenolic OH excluding ortho intramolecular Hbond substituents is 1. The lowest BCUT2D eigenvalue weighted by atomic mass is 9.85. The number of phenols is 1. The Morgan fingerprint density at radius 3 is 1.76 bits per heavy atom. The first-order chi connectivity index (χ1) is 28.1. The van der Waals surface area contributed by atoms with Crippen molar-refractivity contribution in [2.24, 2.45) is 0 Å². The monoisotopic (exact) mass is 751 g/mol. The van der Waals surface area contributed by atoms with Gasteiger partial charge in [-0.1, -0.05) is 136 Å². The first-order valence-corrected chi connectivity index (χ1v) is 19.9. The lowest BCUT2D eigenvalue weighted by Gasteiger charge is -2.23. The van der Waals surface area contributed by atoms with Crippen LogP contribution in [0.5, 0.6) is 5.75 Å². The molecule has 58 heavy (non-hydrogen) atoms. The molecule has 0 bridgehead atoms. The van der Waals surface area contributed by atoms with Crippen molar-refractivity contribution in [1.29, 1.82) is 0 Å². The van der Waals surface area contributed by atoms with Gasteiger partial charge in [0.15, 0.2) is 0 Å². The van der Waals surface area contributed by atoms with Gasteiger partial charge in [0.1, 0.15) is 11.6 Å². The Morgan fingerprint density at radius 2 is 1.10 bits per heavy atom. The number of benzene rings is 7. The van der Waals surface area contributed by atoms with E-state index in [1.54, 1.807) is 0 Å². The maximum atomic E-state index is 11.7.